The van der Waals surface area contributed by atoms with Crippen LogP contribution in [0, 0.1) is 33.6 Å². The molecule has 0 fully saturated rings. The quantitative estimate of drug-likeness (QED) is 0.525. The smallest absolute Gasteiger partial charge is 0.297 e. The van der Waals surface area contributed by atoms with Gasteiger partial charge in [0.05, 0.1) is 12.3 Å². The summed E-state index contributed by atoms with van der Waals surface area (Å²) in [7, 11) is 0. The molecule has 0 saturated heterocycles. The van der Waals surface area contributed by atoms with Gasteiger partial charge < -0.3 is 4.79 Å². The maximum Gasteiger partial charge on any atom is 0.297 e. The van der Waals surface area contributed by atoms with Crippen LogP contribution in [0.25, 0.3) is 0 Å². The Kier molecular flexibility index (Phi) is 7.47. The van der Waals surface area contributed by atoms with Crippen LogP contribution in [0.1, 0.15) is 47.9 Å². The number of aliphatic imine (C=N–C) groups is 1. The van der Waals surface area contributed by atoms with Crippen LogP contribution < -0.4 is 4.78 Å². The number of aryl methyl sites for hydroxylation is 2. The molecule has 0 unspecified atom stereocenters. The predicted molar refractivity (Wildman–Crippen MR) is 128 cm³/mol. The standard InChI is InChI=1S/C18H18BN3S.C3H6O.C2H2/c1-10-5-7-14(8-6-10)17-16-11(2)12(3)23-18(16)19-13(4)21-22-15(19)9-20-17;1-3(2)4;1-2/h5-8H,9H2,1-4H3;1-2H3;1-2H. The van der Waals surface area contributed by atoms with Gasteiger partial charge in [-0.2, -0.15) is 21.5 Å². The van der Waals surface area contributed by atoms with E-state index in [4.69, 9.17) is 4.99 Å². The lowest BCUT2D eigenvalue weighted by molar-refractivity contribution is -0.114. The number of ketones is 1. The Morgan fingerprint density at radius 3 is 2.21 bits per heavy atom. The highest BCUT2D eigenvalue weighted by Crippen LogP contribution is 2.26. The molecule has 6 heteroatoms. The molecule has 2 aromatic rings. The number of nitrogens with zero attached hydrogens (tertiary/aromatic N) is 3. The molecule has 0 amide bonds. The first-order chi connectivity index (χ1) is 13.8. The SMILES string of the molecule is C#C.CC(C)=O.CC1=NN=C2CN=C(c3ccc(C)cc3)c3c(sc(C)c3C)B12. The van der Waals surface area contributed by atoms with Crippen LogP contribution in [0.4, 0.5) is 0 Å². The Labute approximate surface area is 178 Å². The van der Waals surface area contributed by atoms with Crippen molar-refractivity contribution in [1.82, 2.24) is 0 Å². The third-order valence-corrected chi connectivity index (χ3v) is 5.99. The number of Topliss-reactive ketones (excluding diaryl/α,β-unsaturated/α-hetero) is 1. The highest BCUT2D eigenvalue weighted by molar-refractivity contribution is 7.36. The number of carbonyl (C=O) groups is 1. The summed E-state index contributed by atoms with van der Waals surface area (Å²) < 4.78 is 1.36. The summed E-state index contributed by atoms with van der Waals surface area (Å²) in [6.07, 6.45) is 8.00. The lowest BCUT2D eigenvalue weighted by atomic mass is 9.41. The molecule has 0 aliphatic carbocycles. The average Bonchev–Trinajstić information content (AvgIpc) is 3.12. The lowest BCUT2D eigenvalue weighted by Gasteiger charge is -2.10. The molecular formula is C23H26BN3OS. The van der Waals surface area contributed by atoms with Crippen molar-refractivity contribution in [2.45, 2.75) is 41.5 Å². The highest BCUT2D eigenvalue weighted by Gasteiger charge is 2.38. The summed E-state index contributed by atoms with van der Waals surface area (Å²) >= 11 is 1.87. The topological polar surface area (TPSA) is 54.1 Å². The van der Waals surface area contributed by atoms with Crippen molar-refractivity contribution in [3.63, 3.8) is 0 Å². The van der Waals surface area contributed by atoms with Crippen molar-refractivity contribution >= 4 is 45.5 Å². The van der Waals surface area contributed by atoms with Crippen LogP contribution in [0.3, 0.4) is 0 Å². The zero-order valence-corrected chi connectivity index (χ0v) is 18.7. The van der Waals surface area contributed by atoms with Crippen molar-refractivity contribution in [1.29, 1.82) is 0 Å². The van der Waals surface area contributed by atoms with Gasteiger partial charge >= 0.3 is 0 Å². The Morgan fingerprint density at radius 2 is 1.62 bits per heavy atom. The van der Waals surface area contributed by atoms with Crippen LogP contribution >= 0.6 is 11.3 Å². The second-order valence-electron chi connectivity index (χ2n) is 7.23. The van der Waals surface area contributed by atoms with Crippen LogP contribution in [-0.2, 0) is 4.79 Å². The van der Waals surface area contributed by atoms with E-state index in [0.29, 0.717) is 6.54 Å². The fraction of sp³-hybridized carbons (Fsp3) is 0.304. The van der Waals surface area contributed by atoms with E-state index in [1.807, 2.05) is 11.3 Å². The van der Waals surface area contributed by atoms with Crippen molar-refractivity contribution in [2.24, 2.45) is 15.2 Å². The van der Waals surface area contributed by atoms with Crippen LogP contribution in [-0.4, -0.2) is 36.0 Å². The van der Waals surface area contributed by atoms with Crippen LogP contribution in [0.5, 0.6) is 0 Å². The number of benzene rings is 1. The summed E-state index contributed by atoms with van der Waals surface area (Å²) in [6.45, 7) is 12.5. The van der Waals surface area contributed by atoms with E-state index in [1.54, 1.807) is 0 Å². The van der Waals surface area contributed by atoms with Crippen molar-refractivity contribution in [3.8, 4) is 12.8 Å². The number of hydrogen-bond acceptors (Lipinski definition) is 5. The predicted octanol–water partition coefficient (Wildman–Crippen LogP) is 3.98. The van der Waals surface area contributed by atoms with Crippen LogP contribution in [0.2, 0.25) is 0 Å². The minimum Gasteiger partial charge on any atom is -0.300 e. The van der Waals surface area contributed by atoms with Crippen molar-refractivity contribution in [2.75, 3.05) is 6.54 Å². The molecule has 2 aliphatic rings. The van der Waals surface area contributed by atoms with Gasteiger partial charge in [-0.05, 0) is 51.9 Å². The number of rotatable bonds is 1. The molecule has 0 N–H and O–H groups in total. The second-order valence-corrected chi connectivity index (χ2v) is 8.48. The summed E-state index contributed by atoms with van der Waals surface area (Å²) in [5.41, 5.74) is 8.36. The van der Waals surface area contributed by atoms with E-state index < -0.39 is 0 Å². The Balaban J connectivity index is 0.000000449. The number of hydrogen-bond donors (Lipinski definition) is 0. The molecule has 0 bridgehead atoms. The molecule has 1 aromatic heterocycles. The molecule has 0 spiro atoms. The first-order valence-electron chi connectivity index (χ1n) is 9.42. The van der Waals surface area contributed by atoms with Gasteiger partial charge in [-0.15, -0.1) is 12.8 Å². The van der Waals surface area contributed by atoms with E-state index in [9.17, 15) is 4.79 Å². The normalized spacial score (nSPS) is 13.9. The third-order valence-electron chi connectivity index (χ3n) is 4.72. The molecule has 4 nitrogen and oxygen atoms in total. The van der Waals surface area contributed by atoms with Gasteiger partial charge in [-0.1, -0.05) is 29.8 Å². The minimum atomic E-state index is 0.167. The highest BCUT2D eigenvalue weighted by atomic mass is 32.1. The second kappa shape index (κ2) is 9.62. The maximum absolute atomic E-state index is 9.44. The minimum absolute atomic E-state index is 0.167. The number of carbonyl (C=O) groups excluding carboxylic acids is 1. The summed E-state index contributed by atoms with van der Waals surface area (Å²) in [4.78, 5) is 15.7. The van der Waals surface area contributed by atoms with Gasteiger partial charge in [-0.25, -0.2) is 0 Å². The van der Waals surface area contributed by atoms with E-state index in [1.165, 1.54) is 45.8 Å². The van der Waals surface area contributed by atoms with E-state index in [2.05, 4.69) is 75.0 Å². The van der Waals surface area contributed by atoms with Crippen LogP contribution in [0.15, 0.2) is 39.5 Å². The molecule has 2 aliphatic heterocycles. The number of thiophene rings is 1. The first kappa shape index (κ1) is 22.5. The van der Waals surface area contributed by atoms with Crippen molar-refractivity contribution < 1.29 is 4.79 Å². The van der Waals surface area contributed by atoms with Gasteiger partial charge in [-0.3, -0.25) is 4.99 Å². The summed E-state index contributed by atoms with van der Waals surface area (Å²) in [5.74, 6) is 0.167. The lowest BCUT2D eigenvalue weighted by Crippen LogP contribution is -2.43. The zero-order valence-electron chi connectivity index (χ0n) is 17.9. The number of fused-ring (bicyclic) bond motifs is 3. The van der Waals surface area contributed by atoms with Gasteiger partial charge in [0.1, 0.15) is 5.78 Å². The fourth-order valence-corrected chi connectivity index (χ4v) is 4.66. The Bertz CT molecular complexity index is 1020. The molecule has 0 saturated carbocycles. The van der Waals surface area contributed by atoms with Gasteiger partial charge in [0, 0.05) is 27.2 Å². The van der Waals surface area contributed by atoms with Gasteiger partial charge in [0.15, 0.2) is 0 Å². The maximum atomic E-state index is 9.44. The molecule has 0 atom stereocenters. The van der Waals surface area contributed by atoms with E-state index in [-0.39, 0.29) is 12.5 Å². The molecular weight excluding hydrogens is 377 g/mol. The molecule has 4 rings (SSSR count). The average molecular weight is 403 g/mol. The first-order valence-corrected chi connectivity index (χ1v) is 10.2. The summed E-state index contributed by atoms with van der Waals surface area (Å²) in [6, 6.07) is 8.66. The monoisotopic (exact) mass is 403 g/mol. The van der Waals surface area contributed by atoms with Gasteiger partial charge in [0.25, 0.3) is 6.71 Å². The molecule has 0 radical (unpaired) electrons. The number of terminal acetylenes is 1. The molecule has 148 valence electrons. The van der Waals surface area contributed by atoms with E-state index in [0.717, 1.165) is 16.9 Å². The largest absolute Gasteiger partial charge is 0.300 e. The molecule has 3 heterocycles. The fourth-order valence-electron chi connectivity index (χ4n) is 3.30. The Hall–Kier alpha value is -2.78. The zero-order chi connectivity index (χ0) is 21.7. The van der Waals surface area contributed by atoms with E-state index >= 15 is 0 Å². The summed E-state index contributed by atoms with van der Waals surface area (Å²) in [5, 5.41) is 8.69. The molecule has 1 aromatic carbocycles. The Morgan fingerprint density at radius 1 is 1.03 bits per heavy atom. The molecule has 29 heavy (non-hydrogen) atoms. The van der Waals surface area contributed by atoms with Crippen molar-refractivity contribution in [3.05, 3.63) is 51.4 Å². The third kappa shape index (κ3) is 4.80. The van der Waals surface area contributed by atoms with Gasteiger partial charge in [0.2, 0.25) is 0 Å².